The molecule has 0 aliphatic carbocycles. The number of hydrogen-bond donors (Lipinski definition) is 0. The Kier molecular flexibility index (Phi) is 14.5. The molecule has 0 fully saturated rings. The Labute approximate surface area is 135 Å². The zero-order chi connectivity index (χ0) is 16.6. The lowest BCUT2D eigenvalue weighted by molar-refractivity contribution is -0.166. The van der Waals surface area contributed by atoms with Gasteiger partial charge in [0.25, 0.3) is 0 Å². The summed E-state index contributed by atoms with van der Waals surface area (Å²) in [6, 6.07) is 0. The van der Waals surface area contributed by atoms with Gasteiger partial charge in [-0.05, 0) is 12.8 Å². The Balaban J connectivity index is 4.18. The summed E-state index contributed by atoms with van der Waals surface area (Å²) in [5.74, 6) is 0. The molecule has 0 aliphatic rings. The van der Waals surface area contributed by atoms with Gasteiger partial charge in [0.1, 0.15) is 0 Å². The summed E-state index contributed by atoms with van der Waals surface area (Å²) in [6.07, 6.45) is 5.37. The molecule has 0 aliphatic heterocycles. The van der Waals surface area contributed by atoms with Crippen LogP contribution in [0.1, 0.15) is 79.1 Å². The highest BCUT2D eigenvalue weighted by atomic mass is 16.8. The number of rotatable bonds is 14. The predicted molar refractivity (Wildman–Crippen MR) is 86.7 cm³/mol. The maximum atomic E-state index is 11.9. The molecular formula is C17H34O5. The minimum atomic E-state index is -0.704. The number of unbranched alkanes of at least 4 members (excludes halogenated alkanes) is 2. The van der Waals surface area contributed by atoms with Crippen LogP contribution in [0, 0.1) is 0 Å². The summed E-state index contributed by atoms with van der Waals surface area (Å²) in [5, 5.41) is 0. The second-order valence-corrected chi connectivity index (χ2v) is 5.37. The Morgan fingerprint density at radius 1 is 0.727 bits per heavy atom. The van der Waals surface area contributed by atoms with E-state index in [1.165, 1.54) is 0 Å². The SMILES string of the molecule is CCCCOC(CCC)OC(=O)OC(CCC)OCCCC. The molecule has 2 atom stereocenters. The molecule has 0 bridgehead atoms. The van der Waals surface area contributed by atoms with Gasteiger partial charge in [-0.3, -0.25) is 0 Å². The van der Waals surface area contributed by atoms with Gasteiger partial charge in [-0.25, -0.2) is 4.79 Å². The van der Waals surface area contributed by atoms with Crippen LogP contribution >= 0.6 is 0 Å². The third-order valence-corrected chi connectivity index (χ3v) is 3.11. The molecule has 0 rings (SSSR count). The Hall–Kier alpha value is -0.810. The van der Waals surface area contributed by atoms with E-state index in [9.17, 15) is 4.79 Å². The topological polar surface area (TPSA) is 54.0 Å². The minimum absolute atomic E-state index is 0.526. The first-order valence-electron chi connectivity index (χ1n) is 8.78. The summed E-state index contributed by atoms with van der Waals surface area (Å²) in [7, 11) is 0. The van der Waals surface area contributed by atoms with Gasteiger partial charge in [-0.2, -0.15) is 0 Å². The zero-order valence-corrected chi connectivity index (χ0v) is 14.8. The van der Waals surface area contributed by atoms with Crippen molar-refractivity contribution in [2.45, 2.75) is 91.6 Å². The molecule has 22 heavy (non-hydrogen) atoms. The van der Waals surface area contributed by atoms with Gasteiger partial charge in [0, 0.05) is 12.8 Å². The third kappa shape index (κ3) is 11.8. The molecule has 5 heteroatoms. The standard InChI is InChI=1S/C17H34O5/c1-5-9-13-19-15(11-7-3)21-17(18)22-16(12-8-4)20-14-10-6-2/h15-16H,5-14H2,1-4H3. The molecule has 0 aromatic carbocycles. The smallest absolute Gasteiger partial charge is 0.404 e. The Bertz CT molecular complexity index is 233. The van der Waals surface area contributed by atoms with Crippen molar-refractivity contribution in [1.82, 2.24) is 0 Å². The van der Waals surface area contributed by atoms with E-state index in [0.29, 0.717) is 26.1 Å². The van der Waals surface area contributed by atoms with Crippen LogP contribution in [0.4, 0.5) is 4.79 Å². The summed E-state index contributed by atoms with van der Waals surface area (Å²) in [6.45, 7) is 9.43. The maximum Gasteiger partial charge on any atom is 0.512 e. The first-order valence-corrected chi connectivity index (χ1v) is 8.78. The molecule has 0 saturated heterocycles. The first kappa shape index (κ1) is 21.2. The van der Waals surface area contributed by atoms with Gasteiger partial charge in [0.05, 0.1) is 13.2 Å². The molecule has 0 spiro atoms. The largest absolute Gasteiger partial charge is 0.512 e. The molecule has 0 saturated carbocycles. The second kappa shape index (κ2) is 15.1. The van der Waals surface area contributed by atoms with Gasteiger partial charge in [-0.1, -0.05) is 53.4 Å². The van der Waals surface area contributed by atoms with Crippen molar-refractivity contribution in [3.63, 3.8) is 0 Å². The van der Waals surface area contributed by atoms with Crippen LogP contribution in [0.3, 0.4) is 0 Å². The van der Waals surface area contributed by atoms with E-state index in [0.717, 1.165) is 38.5 Å². The predicted octanol–water partition coefficient (Wildman–Crippen LogP) is 5.03. The molecule has 132 valence electrons. The summed E-state index contributed by atoms with van der Waals surface area (Å²) >= 11 is 0. The molecule has 5 nitrogen and oxygen atoms in total. The molecular weight excluding hydrogens is 284 g/mol. The van der Waals surface area contributed by atoms with E-state index in [4.69, 9.17) is 18.9 Å². The molecule has 0 aromatic rings. The van der Waals surface area contributed by atoms with Crippen molar-refractivity contribution in [3.05, 3.63) is 0 Å². The van der Waals surface area contributed by atoms with Crippen molar-refractivity contribution >= 4 is 6.16 Å². The minimum Gasteiger partial charge on any atom is -0.404 e. The van der Waals surface area contributed by atoms with Crippen molar-refractivity contribution in [3.8, 4) is 0 Å². The van der Waals surface area contributed by atoms with Gasteiger partial charge in [-0.15, -0.1) is 0 Å². The lowest BCUT2D eigenvalue weighted by atomic mass is 10.3. The second-order valence-electron chi connectivity index (χ2n) is 5.37. The molecule has 2 unspecified atom stereocenters. The maximum absolute atomic E-state index is 11.9. The number of hydrogen-bond acceptors (Lipinski definition) is 5. The normalized spacial score (nSPS) is 13.6. The average Bonchev–Trinajstić information content (AvgIpc) is 2.48. The van der Waals surface area contributed by atoms with Crippen molar-refractivity contribution in [1.29, 1.82) is 0 Å². The van der Waals surface area contributed by atoms with Crippen LogP contribution < -0.4 is 0 Å². The van der Waals surface area contributed by atoms with Crippen LogP contribution in [0.25, 0.3) is 0 Å². The molecule has 0 amide bonds. The first-order chi connectivity index (χ1) is 10.7. The van der Waals surface area contributed by atoms with Gasteiger partial charge in [0.2, 0.25) is 12.6 Å². The molecule has 0 aromatic heterocycles. The Morgan fingerprint density at radius 3 is 1.45 bits per heavy atom. The fourth-order valence-corrected chi connectivity index (χ4v) is 1.78. The molecule has 0 radical (unpaired) electrons. The van der Waals surface area contributed by atoms with E-state index in [2.05, 4.69) is 13.8 Å². The van der Waals surface area contributed by atoms with Gasteiger partial charge < -0.3 is 18.9 Å². The summed E-state index contributed by atoms with van der Waals surface area (Å²) < 4.78 is 21.7. The highest BCUT2D eigenvalue weighted by molar-refractivity contribution is 5.60. The summed E-state index contributed by atoms with van der Waals surface area (Å²) in [4.78, 5) is 11.9. The number of ether oxygens (including phenoxy) is 4. The molecule has 0 heterocycles. The highest BCUT2D eigenvalue weighted by Crippen LogP contribution is 2.11. The van der Waals surface area contributed by atoms with E-state index in [1.54, 1.807) is 0 Å². The fourth-order valence-electron chi connectivity index (χ4n) is 1.78. The Morgan fingerprint density at radius 2 is 1.14 bits per heavy atom. The molecule has 0 N–H and O–H groups in total. The van der Waals surface area contributed by atoms with Gasteiger partial charge >= 0.3 is 6.16 Å². The number of carbonyl (C=O) groups is 1. The quantitative estimate of drug-likeness (QED) is 0.255. The average molecular weight is 318 g/mol. The zero-order valence-electron chi connectivity index (χ0n) is 14.8. The van der Waals surface area contributed by atoms with E-state index >= 15 is 0 Å². The van der Waals surface area contributed by atoms with E-state index < -0.39 is 18.7 Å². The highest BCUT2D eigenvalue weighted by Gasteiger charge is 2.19. The van der Waals surface area contributed by atoms with Crippen LogP contribution in [0.5, 0.6) is 0 Å². The lowest BCUT2D eigenvalue weighted by Gasteiger charge is -2.21. The monoisotopic (exact) mass is 318 g/mol. The van der Waals surface area contributed by atoms with Gasteiger partial charge in [0.15, 0.2) is 0 Å². The van der Waals surface area contributed by atoms with Crippen molar-refractivity contribution < 1.29 is 23.7 Å². The van der Waals surface area contributed by atoms with Crippen molar-refractivity contribution in [2.75, 3.05) is 13.2 Å². The van der Waals surface area contributed by atoms with Crippen LogP contribution in [0.2, 0.25) is 0 Å². The summed E-state index contributed by atoms with van der Waals surface area (Å²) in [5.41, 5.74) is 0. The third-order valence-electron chi connectivity index (χ3n) is 3.11. The van der Waals surface area contributed by atoms with Crippen LogP contribution in [-0.4, -0.2) is 31.9 Å². The van der Waals surface area contributed by atoms with Crippen LogP contribution in [0.15, 0.2) is 0 Å². The van der Waals surface area contributed by atoms with Crippen molar-refractivity contribution in [2.24, 2.45) is 0 Å². The fraction of sp³-hybridized carbons (Fsp3) is 0.941. The van der Waals surface area contributed by atoms with E-state index in [1.807, 2.05) is 13.8 Å². The number of carbonyl (C=O) groups excluding carboxylic acids is 1. The van der Waals surface area contributed by atoms with Crippen LogP contribution in [-0.2, 0) is 18.9 Å². The van der Waals surface area contributed by atoms with E-state index in [-0.39, 0.29) is 0 Å². The lowest BCUT2D eigenvalue weighted by Crippen LogP contribution is -2.27.